The summed E-state index contributed by atoms with van der Waals surface area (Å²) in [6.45, 7) is 5.11. The highest BCUT2D eigenvalue weighted by molar-refractivity contribution is 6.08. The predicted molar refractivity (Wildman–Crippen MR) is 166 cm³/mol. The molecule has 10 heteroatoms. The minimum Gasteiger partial charge on any atom is -0.494 e. The highest BCUT2D eigenvalue weighted by atomic mass is 16.5. The molecule has 0 bridgehead atoms. The summed E-state index contributed by atoms with van der Waals surface area (Å²) >= 11 is 0. The number of hydrogen-bond acceptors (Lipinski definition) is 9. The van der Waals surface area contributed by atoms with E-state index in [-0.39, 0.29) is 29.4 Å². The lowest BCUT2D eigenvalue weighted by molar-refractivity contribution is -0.111. The number of methoxy groups -OCH3 is 1. The summed E-state index contributed by atoms with van der Waals surface area (Å²) in [5, 5.41) is 6.02. The quantitative estimate of drug-likeness (QED) is 0.208. The van der Waals surface area contributed by atoms with Crippen LogP contribution in [0.25, 0.3) is 0 Å². The molecule has 1 aliphatic rings. The van der Waals surface area contributed by atoms with Crippen molar-refractivity contribution >= 4 is 34.7 Å². The number of amides is 1. The van der Waals surface area contributed by atoms with Crippen LogP contribution in [0.2, 0.25) is 0 Å². The van der Waals surface area contributed by atoms with E-state index < -0.39 is 0 Å². The normalized spacial score (nSPS) is 13.4. The van der Waals surface area contributed by atoms with Crippen molar-refractivity contribution in [3.8, 4) is 11.5 Å². The van der Waals surface area contributed by atoms with Gasteiger partial charge in [0.2, 0.25) is 17.6 Å². The number of ether oxygens (including phenoxy) is 2. The SMILES string of the molecule is C=CC(=O)Nc1cc(Nc2nccc(C(=O)c3ccc(OC4CCCCC4)cc3)n2)c(OC)cc1N(C)CCN(C)C. The fraction of sp³-hybridized carbons (Fsp3) is 0.375. The van der Waals surface area contributed by atoms with Gasteiger partial charge in [-0.3, -0.25) is 9.59 Å². The number of likely N-dealkylation sites (N-methyl/N-ethyl adjacent to an activating group) is 2. The standard InChI is InChI=1S/C32H40N6O4/c1-6-30(39)34-26-20-27(29(41-5)21-28(26)38(4)19-18-37(2)3)36-32-33-17-16-25(35-32)31(40)22-12-14-24(15-13-22)42-23-10-8-7-9-11-23/h6,12-17,20-21,23H,1,7-11,18-19H2,2-5H3,(H,34,39)(H,33,35,36). The summed E-state index contributed by atoms with van der Waals surface area (Å²) < 4.78 is 11.8. The smallest absolute Gasteiger partial charge is 0.247 e. The van der Waals surface area contributed by atoms with Crippen LogP contribution in [0.5, 0.6) is 11.5 Å². The lowest BCUT2D eigenvalue weighted by Crippen LogP contribution is -2.29. The van der Waals surface area contributed by atoms with Gasteiger partial charge in [-0.05, 0) is 82.3 Å². The number of rotatable bonds is 13. The van der Waals surface area contributed by atoms with E-state index in [4.69, 9.17) is 9.47 Å². The molecule has 0 unspecified atom stereocenters. The second-order valence-electron chi connectivity index (χ2n) is 10.6. The zero-order valence-electron chi connectivity index (χ0n) is 24.9. The van der Waals surface area contributed by atoms with Crippen molar-refractivity contribution in [2.24, 2.45) is 0 Å². The molecule has 222 valence electrons. The fourth-order valence-electron chi connectivity index (χ4n) is 4.78. The molecular formula is C32H40N6O4. The minimum absolute atomic E-state index is 0.214. The van der Waals surface area contributed by atoms with Gasteiger partial charge in [0.05, 0.1) is 30.3 Å². The first-order valence-electron chi connectivity index (χ1n) is 14.2. The molecule has 1 amide bonds. The van der Waals surface area contributed by atoms with Gasteiger partial charge in [0.15, 0.2) is 0 Å². The monoisotopic (exact) mass is 572 g/mol. The van der Waals surface area contributed by atoms with Gasteiger partial charge in [-0.25, -0.2) is 9.97 Å². The Morgan fingerprint density at radius 2 is 1.76 bits per heavy atom. The van der Waals surface area contributed by atoms with Gasteiger partial charge in [-0.2, -0.15) is 0 Å². The molecule has 0 spiro atoms. The Morgan fingerprint density at radius 1 is 1.02 bits per heavy atom. The number of nitrogens with zero attached hydrogens (tertiary/aromatic N) is 4. The van der Waals surface area contributed by atoms with Crippen LogP contribution in [0.1, 0.15) is 48.2 Å². The first kappa shape index (κ1) is 30.5. The molecule has 4 rings (SSSR count). The van der Waals surface area contributed by atoms with E-state index in [1.165, 1.54) is 31.5 Å². The third-order valence-corrected chi connectivity index (χ3v) is 7.16. The molecule has 2 aromatic carbocycles. The van der Waals surface area contributed by atoms with Gasteiger partial charge >= 0.3 is 0 Å². The Labute approximate surface area is 247 Å². The van der Waals surface area contributed by atoms with E-state index in [2.05, 4.69) is 32.1 Å². The first-order chi connectivity index (χ1) is 20.3. The van der Waals surface area contributed by atoms with Crippen molar-refractivity contribution in [3.05, 3.63) is 72.6 Å². The highest BCUT2D eigenvalue weighted by Crippen LogP contribution is 2.38. The van der Waals surface area contributed by atoms with Crippen LogP contribution in [0.15, 0.2) is 61.3 Å². The van der Waals surface area contributed by atoms with Crippen molar-refractivity contribution < 1.29 is 19.1 Å². The molecule has 1 saturated carbocycles. The zero-order valence-corrected chi connectivity index (χ0v) is 24.9. The van der Waals surface area contributed by atoms with E-state index in [0.29, 0.717) is 22.7 Å². The number of anilines is 4. The lowest BCUT2D eigenvalue weighted by Gasteiger charge is -2.26. The largest absolute Gasteiger partial charge is 0.494 e. The molecule has 42 heavy (non-hydrogen) atoms. The molecule has 1 fully saturated rings. The average Bonchev–Trinajstić information content (AvgIpc) is 3.00. The highest BCUT2D eigenvalue weighted by Gasteiger charge is 2.19. The molecule has 0 radical (unpaired) electrons. The van der Waals surface area contributed by atoms with Crippen molar-refractivity contribution in [2.45, 2.75) is 38.2 Å². The number of ketones is 1. The van der Waals surface area contributed by atoms with Crippen LogP contribution in [-0.4, -0.2) is 74.0 Å². The van der Waals surface area contributed by atoms with Gasteiger partial charge in [-0.15, -0.1) is 0 Å². The minimum atomic E-state index is -0.340. The fourth-order valence-corrected chi connectivity index (χ4v) is 4.78. The van der Waals surface area contributed by atoms with E-state index in [0.717, 1.165) is 37.4 Å². The number of benzene rings is 2. The molecule has 1 heterocycles. The Morgan fingerprint density at radius 3 is 2.43 bits per heavy atom. The van der Waals surface area contributed by atoms with Crippen LogP contribution >= 0.6 is 0 Å². The van der Waals surface area contributed by atoms with Crippen LogP contribution in [0.3, 0.4) is 0 Å². The summed E-state index contributed by atoms with van der Waals surface area (Å²) in [5.74, 6) is 0.935. The molecule has 0 saturated heterocycles. The second kappa shape index (κ2) is 14.5. The maximum absolute atomic E-state index is 13.3. The Hall–Kier alpha value is -4.44. The number of hydrogen-bond donors (Lipinski definition) is 2. The van der Waals surface area contributed by atoms with E-state index in [1.54, 1.807) is 31.4 Å². The maximum Gasteiger partial charge on any atom is 0.247 e. The molecule has 1 aliphatic carbocycles. The van der Waals surface area contributed by atoms with E-state index in [1.807, 2.05) is 44.2 Å². The predicted octanol–water partition coefficient (Wildman–Crippen LogP) is 5.29. The zero-order chi connectivity index (χ0) is 30.1. The Kier molecular flexibility index (Phi) is 10.5. The van der Waals surface area contributed by atoms with Crippen LogP contribution in [0, 0.1) is 0 Å². The van der Waals surface area contributed by atoms with Gasteiger partial charge in [0, 0.05) is 38.0 Å². The Balaban J connectivity index is 1.54. The first-order valence-corrected chi connectivity index (χ1v) is 14.2. The van der Waals surface area contributed by atoms with Gasteiger partial charge in [0.1, 0.15) is 17.2 Å². The van der Waals surface area contributed by atoms with Crippen LogP contribution in [-0.2, 0) is 4.79 Å². The van der Waals surface area contributed by atoms with Crippen molar-refractivity contribution in [1.82, 2.24) is 14.9 Å². The van der Waals surface area contributed by atoms with E-state index >= 15 is 0 Å². The lowest BCUT2D eigenvalue weighted by atomic mass is 9.98. The molecule has 0 atom stereocenters. The number of carbonyl (C=O) groups excluding carboxylic acids is 2. The maximum atomic E-state index is 13.3. The van der Waals surface area contributed by atoms with Crippen LogP contribution in [0.4, 0.5) is 23.0 Å². The number of aromatic nitrogens is 2. The third-order valence-electron chi connectivity index (χ3n) is 7.16. The summed E-state index contributed by atoms with van der Waals surface area (Å²) in [6, 6.07) is 12.4. The van der Waals surface area contributed by atoms with Crippen LogP contribution < -0.4 is 25.0 Å². The molecular weight excluding hydrogens is 532 g/mol. The molecule has 10 nitrogen and oxygen atoms in total. The molecule has 1 aromatic heterocycles. The van der Waals surface area contributed by atoms with Crippen molar-refractivity contribution in [2.75, 3.05) is 56.9 Å². The van der Waals surface area contributed by atoms with Crippen molar-refractivity contribution in [3.63, 3.8) is 0 Å². The molecule has 0 aliphatic heterocycles. The molecule has 3 aromatic rings. The summed E-state index contributed by atoms with van der Waals surface area (Å²) in [5.41, 5.74) is 2.61. The average molecular weight is 573 g/mol. The van der Waals surface area contributed by atoms with E-state index in [9.17, 15) is 9.59 Å². The number of carbonyl (C=O) groups is 2. The topological polar surface area (TPSA) is 109 Å². The van der Waals surface area contributed by atoms with Crippen molar-refractivity contribution in [1.29, 1.82) is 0 Å². The molecule has 2 N–H and O–H groups in total. The second-order valence-corrected chi connectivity index (χ2v) is 10.6. The number of nitrogens with one attached hydrogen (secondary N) is 2. The Bertz CT molecular complexity index is 1390. The summed E-state index contributed by atoms with van der Waals surface area (Å²) in [6.07, 6.45) is 8.78. The summed E-state index contributed by atoms with van der Waals surface area (Å²) in [7, 11) is 7.51. The van der Waals surface area contributed by atoms with Gasteiger partial charge in [0.25, 0.3) is 0 Å². The summed E-state index contributed by atoms with van der Waals surface area (Å²) in [4.78, 5) is 38.4. The van der Waals surface area contributed by atoms with Gasteiger partial charge in [-0.1, -0.05) is 13.0 Å². The van der Waals surface area contributed by atoms with Gasteiger partial charge < -0.3 is 29.9 Å². The third kappa shape index (κ3) is 8.07.